The van der Waals surface area contributed by atoms with Crippen molar-refractivity contribution in [2.24, 2.45) is 0 Å². The van der Waals surface area contributed by atoms with Crippen LogP contribution in [0.2, 0.25) is 5.02 Å². The van der Waals surface area contributed by atoms with Gasteiger partial charge in [0.05, 0.1) is 11.6 Å². The summed E-state index contributed by atoms with van der Waals surface area (Å²) in [5.74, 6) is -0.755. The van der Waals surface area contributed by atoms with Crippen molar-refractivity contribution in [1.29, 1.82) is 0 Å². The molecule has 6 nitrogen and oxygen atoms in total. The van der Waals surface area contributed by atoms with Crippen LogP contribution in [0.3, 0.4) is 0 Å². The van der Waals surface area contributed by atoms with Crippen LogP contribution in [-0.2, 0) is 4.74 Å². The maximum Gasteiger partial charge on any atom is 0.411 e. The second-order valence-electron chi connectivity index (χ2n) is 3.01. The number of fused-ring (bicyclic) bond motifs is 1. The van der Waals surface area contributed by atoms with Crippen LogP contribution in [0.1, 0.15) is 6.92 Å². The molecule has 0 radical (unpaired) electrons. The third-order valence-electron chi connectivity index (χ3n) is 1.94. The minimum atomic E-state index is -0.800. The van der Waals surface area contributed by atoms with E-state index >= 15 is 0 Å². The van der Waals surface area contributed by atoms with Gasteiger partial charge in [0.1, 0.15) is 5.69 Å². The average molecular weight is 260 g/mol. The molecule has 0 spiro atoms. The van der Waals surface area contributed by atoms with Crippen molar-refractivity contribution in [3.05, 3.63) is 16.9 Å². The number of rotatable bonds is 2. The molecule has 17 heavy (non-hydrogen) atoms. The number of aromatic nitrogens is 2. The normalized spacial score (nSPS) is 10.5. The molecular weight excluding hydrogens is 253 g/mol. The summed E-state index contributed by atoms with van der Waals surface area (Å²) in [5.41, 5.74) is -0.0734. The van der Waals surface area contributed by atoms with E-state index in [1.165, 1.54) is 0 Å². The van der Waals surface area contributed by atoms with E-state index in [-0.39, 0.29) is 28.4 Å². The molecule has 1 aromatic carbocycles. The van der Waals surface area contributed by atoms with Crippen LogP contribution in [0.5, 0.6) is 0 Å². The molecule has 0 aliphatic carbocycles. The van der Waals surface area contributed by atoms with Gasteiger partial charge in [0.15, 0.2) is 11.3 Å². The zero-order valence-corrected chi connectivity index (χ0v) is 9.42. The molecule has 0 saturated carbocycles. The van der Waals surface area contributed by atoms with Gasteiger partial charge in [-0.2, -0.15) is 0 Å². The van der Waals surface area contributed by atoms with Crippen molar-refractivity contribution < 1.29 is 18.4 Å². The number of anilines is 1. The average Bonchev–Trinajstić information content (AvgIpc) is 2.73. The van der Waals surface area contributed by atoms with Crippen LogP contribution < -0.4 is 5.32 Å². The van der Waals surface area contributed by atoms with Gasteiger partial charge in [-0.1, -0.05) is 11.6 Å². The Morgan fingerprint density at radius 2 is 2.47 bits per heavy atom. The summed E-state index contributed by atoms with van der Waals surface area (Å²) in [4.78, 5) is 11.2. The van der Waals surface area contributed by atoms with Crippen LogP contribution in [0.4, 0.5) is 14.9 Å². The van der Waals surface area contributed by atoms with Gasteiger partial charge in [-0.25, -0.2) is 9.18 Å². The predicted molar refractivity (Wildman–Crippen MR) is 57.4 cm³/mol. The van der Waals surface area contributed by atoms with Gasteiger partial charge in [0, 0.05) is 5.27 Å². The van der Waals surface area contributed by atoms with Crippen molar-refractivity contribution >= 4 is 34.5 Å². The monoisotopic (exact) mass is 259 g/mol. The zero-order valence-electron chi connectivity index (χ0n) is 8.66. The van der Waals surface area contributed by atoms with Gasteiger partial charge in [0.2, 0.25) is 5.58 Å². The number of amides is 1. The van der Waals surface area contributed by atoms with Gasteiger partial charge in [-0.05, 0) is 13.0 Å². The maximum atomic E-state index is 13.6. The van der Waals surface area contributed by atoms with Crippen molar-refractivity contribution in [1.82, 2.24) is 10.4 Å². The molecule has 90 valence electrons. The smallest absolute Gasteiger partial charge is 0.411 e. The molecule has 1 heterocycles. The number of halogens is 2. The van der Waals surface area contributed by atoms with E-state index in [9.17, 15) is 9.18 Å². The van der Waals surface area contributed by atoms with E-state index in [1.54, 1.807) is 6.92 Å². The van der Waals surface area contributed by atoms with Crippen LogP contribution >= 0.6 is 11.6 Å². The summed E-state index contributed by atoms with van der Waals surface area (Å²) in [6.07, 6.45) is -0.800. The van der Waals surface area contributed by atoms with Crippen LogP contribution in [0.25, 0.3) is 11.1 Å². The lowest BCUT2D eigenvalue weighted by molar-refractivity contribution is 0.167. The van der Waals surface area contributed by atoms with Gasteiger partial charge in [0.25, 0.3) is 0 Å². The molecule has 0 fully saturated rings. The molecule has 2 rings (SSSR count). The number of carbonyl (C=O) groups excluding carboxylic acids is 1. The standard InChI is InChI=1S/C9H7ClFN3O3/c1-2-16-9(15)12-7-5(11)3-4(10)6-8(7)17-14-13-6/h3H,2H2,1H3,(H,12,15). The quantitative estimate of drug-likeness (QED) is 0.897. The Morgan fingerprint density at radius 3 is 3.18 bits per heavy atom. The first-order chi connectivity index (χ1) is 8.13. The van der Waals surface area contributed by atoms with Crippen molar-refractivity contribution in [3.8, 4) is 0 Å². The Hall–Kier alpha value is -1.89. The zero-order chi connectivity index (χ0) is 12.4. The first-order valence-corrected chi connectivity index (χ1v) is 5.05. The van der Waals surface area contributed by atoms with Gasteiger partial charge in [-0.15, -0.1) is 5.10 Å². The molecule has 0 atom stereocenters. The summed E-state index contributed by atoms with van der Waals surface area (Å²) in [5, 5.41) is 9.06. The van der Waals surface area contributed by atoms with Crippen LogP contribution in [0.15, 0.2) is 10.6 Å². The Balaban J connectivity index is 2.45. The van der Waals surface area contributed by atoms with Crippen molar-refractivity contribution in [3.63, 3.8) is 0 Å². The first kappa shape index (κ1) is 11.6. The lowest BCUT2D eigenvalue weighted by Crippen LogP contribution is -2.14. The summed E-state index contributed by atoms with van der Waals surface area (Å²) in [6, 6.07) is 1.01. The van der Waals surface area contributed by atoms with E-state index in [2.05, 4.69) is 20.4 Å². The number of ether oxygens (including phenoxy) is 1. The van der Waals surface area contributed by atoms with Gasteiger partial charge in [-0.3, -0.25) is 5.32 Å². The summed E-state index contributed by atoms with van der Waals surface area (Å²) in [7, 11) is 0. The molecule has 0 unspecified atom stereocenters. The van der Waals surface area contributed by atoms with E-state index in [0.29, 0.717) is 0 Å². The minimum Gasteiger partial charge on any atom is -0.450 e. The van der Waals surface area contributed by atoms with Gasteiger partial charge >= 0.3 is 6.09 Å². The molecule has 8 heteroatoms. The SMILES string of the molecule is CCOC(=O)Nc1c(F)cc(Cl)c2nnoc12. The van der Waals surface area contributed by atoms with Crippen LogP contribution in [0, 0.1) is 5.82 Å². The molecule has 0 saturated heterocycles. The number of nitrogens with one attached hydrogen (secondary N) is 1. The number of benzene rings is 1. The number of carbonyl (C=O) groups is 1. The maximum absolute atomic E-state index is 13.6. The summed E-state index contributed by atoms with van der Waals surface area (Å²) < 4.78 is 22.9. The van der Waals surface area contributed by atoms with E-state index in [0.717, 1.165) is 6.07 Å². The molecule has 0 aliphatic heterocycles. The third-order valence-corrected chi connectivity index (χ3v) is 2.22. The summed E-state index contributed by atoms with van der Waals surface area (Å²) in [6.45, 7) is 1.79. The minimum absolute atomic E-state index is 0.0388. The van der Waals surface area contributed by atoms with Gasteiger partial charge < -0.3 is 9.26 Å². The Bertz CT molecular complexity index is 572. The Morgan fingerprint density at radius 1 is 1.71 bits per heavy atom. The fourth-order valence-corrected chi connectivity index (χ4v) is 1.48. The highest BCUT2D eigenvalue weighted by Gasteiger charge is 2.18. The molecule has 0 bridgehead atoms. The highest BCUT2D eigenvalue weighted by atomic mass is 35.5. The lowest BCUT2D eigenvalue weighted by atomic mass is 10.2. The second-order valence-corrected chi connectivity index (χ2v) is 3.42. The molecule has 0 aliphatic rings. The number of hydrogen-bond acceptors (Lipinski definition) is 5. The molecule has 1 aromatic heterocycles. The lowest BCUT2D eigenvalue weighted by Gasteiger charge is -2.06. The fourth-order valence-electron chi connectivity index (χ4n) is 1.26. The van der Waals surface area contributed by atoms with E-state index < -0.39 is 11.9 Å². The van der Waals surface area contributed by atoms with Crippen LogP contribution in [-0.4, -0.2) is 23.1 Å². The predicted octanol–water partition coefficient (Wildman–Crippen LogP) is 2.58. The van der Waals surface area contributed by atoms with E-state index in [1.807, 2.05) is 0 Å². The molecule has 1 N–H and O–H groups in total. The molecule has 1 amide bonds. The Labute approximate surface area is 99.7 Å². The van der Waals surface area contributed by atoms with Crippen molar-refractivity contribution in [2.75, 3.05) is 11.9 Å². The topological polar surface area (TPSA) is 77.2 Å². The molecule has 2 aromatic rings. The summed E-state index contributed by atoms with van der Waals surface area (Å²) >= 11 is 5.73. The number of nitrogens with zero attached hydrogens (tertiary/aromatic N) is 2. The largest absolute Gasteiger partial charge is 0.450 e. The van der Waals surface area contributed by atoms with Crippen molar-refractivity contribution in [2.45, 2.75) is 6.92 Å². The Kier molecular flexibility index (Phi) is 3.10. The molecular formula is C9H7ClFN3O3. The highest BCUT2D eigenvalue weighted by Crippen LogP contribution is 2.31. The van der Waals surface area contributed by atoms with E-state index in [4.69, 9.17) is 16.1 Å². The number of hydrogen-bond donors (Lipinski definition) is 1. The fraction of sp³-hybridized carbons (Fsp3) is 0.222. The highest BCUT2D eigenvalue weighted by molar-refractivity contribution is 6.35. The second kappa shape index (κ2) is 4.54. The third kappa shape index (κ3) is 2.14. The first-order valence-electron chi connectivity index (χ1n) is 4.67.